The molecular weight excluding hydrogens is 320 g/mol. The Morgan fingerprint density at radius 1 is 1.28 bits per heavy atom. The van der Waals surface area contributed by atoms with Gasteiger partial charge in [0.2, 0.25) is 0 Å². The first-order valence-electron chi connectivity index (χ1n) is 8.58. The quantitative estimate of drug-likeness (QED) is 0.754. The lowest BCUT2D eigenvalue weighted by molar-refractivity contribution is 0.236. The van der Waals surface area contributed by atoms with Crippen LogP contribution >= 0.6 is 0 Å². The second kappa shape index (κ2) is 8.41. The minimum atomic E-state index is -0.222. The van der Waals surface area contributed by atoms with Crippen LogP contribution in [0.2, 0.25) is 0 Å². The molecule has 0 saturated heterocycles. The van der Waals surface area contributed by atoms with E-state index in [1.807, 2.05) is 24.4 Å². The van der Waals surface area contributed by atoms with E-state index in [1.54, 1.807) is 13.2 Å². The third-order valence-electron chi connectivity index (χ3n) is 4.09. The number of nitrogens with zero attached hydrogens (tertiary/aromatic N) is 2. The minimum Gasteiger partial charge on any atom is -0.497 e. The predicted octanol–water partition coefficient (Wildman–Crippen LogP) is 2.11. The van der Waals surface area contributed by atoms with Gasteiger partial charge in [-0.15, -0.1) is 0 Å². The van der Waals surface area contributed by atoms with Crippen molar-refractivity contribution in [1.29, 1.82) is 0 Å². The molecule has 0 saturated carbocycles. The molecular formula is C18H24N4O3. The van der Waals surface area contributed by atoms with Crippen molar-refractivity contribution < 1.29 is 14.3 Å². The van der Waals surface area contributed by atoms with Gasteiger partial charge in [-0.25, -0.2) is 9.78 Å². The predicted molar refractivity (Wildman–Crippen MR) is 93.9 cm³/mol. The summed E-state index contributed by atoms with van der Waals surface area (Å²) in [5, 5.41) is 5.60. The van der Waals surface area contributed by atoms with E-state index in [-0.39, 0.29) is 6.03 Å². The fraction of sp³-hybridized carbons (Fsp3) is 0.444. The monoisotopic (exact) mass is 344 g/mol. The van der Waals surface area contributed by atoms with E-state index in [4.69, 9.17) is 9.47 Å². The minimum absolute atomic E-state index is 0.222. The summed E-state index contributed by atoms with van der Waals surface area (Å²) >= 11 is 0. The highest BCUT2D eigenvalue weighted by molar-refractivity contribution is 5.73. The Morgan fingerprint density at radius 3 is 3.00 bits per heavy atom. The summed E-state index contributed by atoms with van der Waals surface area (Å²) in [7, 11) is 1.61. The van der Waals surface area contributed by atoms with Crippen LogP contribution in [0.4, 0.5) is 4.79 Å². The van der Waals surface area contributed by atoms with E-state index in [9.17, 15) is 4.79 Å². The van der Waals surface area contributed by atoms with Crippen LogP contribution in [0.25, 0.3) is 0 Å². The van der Waals surface area contributed by atoms with Crippen LogP contribution < -0.4 is 20.1 Å². The van der Waals surface area contributed by atoms with Crippen LogP contribution in [0.15, 0.2) is 30.5 Å². The SMILES string of the molecule is COc1cccc(OCCNC(=O)NCc2cn3c(n2)CCCC3)c1. The van der Waals surface area contributed by atoms with E-state index in [2.05, 4.69) is 20.2 Å². The Bertz CT molecular complexity index is 691. The van der Waals surface area contributed by atoms with Crippen molar-refractivity contribution in [1.82, 2.24) is 20.2 Å². The van der Waals surface area contributed by atoms with Crippen molar-refractivity contribution in [2.45, 2.75) is 32.4 Å². The third kappa shape index (κ3) is 4.89. The number of aromatic nitrogens is 2. The van der Waals surface area contributed by atoms with Crippen LogP contribution in [0.1, 0.15) is 24.4 Å². The number of hydrogen-bond acceptors (Lipinski definition) is 4. The largest absolute Gasteiger partial charge is 0.497 e. The number of carbonyl (C=O) groups is 1. The molecule has 7 heteroatoms. The lowest BCUT2D eigenvalue weighted by Crippen LogP contribution is -2.37. The zero-order valence-corrected chi connectivity index (χ0v) is 14.5. The van der Waals surface area contributed by atoms with Crippen LogP contribution in [0.5, 0.6) is 11.5 Å². The molecule has 1 aliphatic heterocycles. The summed E-state index contributed by atoms with van der Waals surface area (Å²) in [5.41, 5.74) is 0.902. The number of benzene rings is 1. The number of rotatable bonds is 7. The number of ether oxygens (including phenoxy) is 2. The first-order chi connectivity index (χ1) is 12.2. The average Bonchev–Trinajstić information content (AvgIpc) is 3.07. The van der Waals surface area contributed by atoms with Gasteiger partial charge in [0, 0.05) is 25.2 Å². The molecule has 2 amide bonds. The highest BCUT2D eigenvalue weighted by Crippen LogP contribution is 2.18. The van der Waals surface area contributed by atoms with Crippen molar-refractivity contribution in [3.63, 3.8) is 0 Å². The van der Waals surface area contributed by atoms with Crippen LogP contribution in [-0.4, -0.2) is 35.8 Å². The second-order valence-electron chi connectivity index (χ2n) is 5.94. The van der Waals surface area contributed by atoms with Crippen molar-refractivity contribution in [2.24, 2.45) is 0 Å². The third-order valence-corrected chi connectivity index (χ3v) is 4.09. The van der Waals surface area contributed by atoms with Crippen molar-refractivity contribution in [2.75, 3.05) is 20.3 Å². The van der Waals surface area contributed by atoms with E-state index in [1.165, 1.54) is 12.8 Å². The molecule has 1 aromatic heterocycles. The van der Waals surface area contributed by atoms with Gasteiger partial charge < -0.3 is 24.7 Å². The van der Waals surface area contributed by atoms with Gasteiger partial charge in [-0.1, -0.05) is 6.07 Å². The van der Waals surface area contributed by atoms with Gasteiger partial charge in [0.05, 0.1) is 25.9 Å². The summed E-state index contributed by atoms with van der Waals surface area (Å²) in [6.45, 7) is 2.26. The maximum absolute atomic E-state index is 11.8. The molecule has 7 nitrogen and oxygen atoms in total. The smallest absolute Gasteiger partial charge is 0.315 e. The molecule has 2 aromatic rings. The Hall–Kier alpha value is -2.70. The Morgan fingerprint density at radius 2 is 2.16 bits per heavy atom. The molecule has 0 spiro atoms. The average molecular weight is 344 g/mol. The van der Waals surface area contributed by atoms with Gasteiger partial charge in [-0.2, -0.15) is 0 Å². The molecule has 1 aliphatic rings. The summed E-state index contributed by atoms with van der Waals surface area (Å²) < 4.78 is 12.9. The maximum atomic E-state index is 11.8. The van der Waals surface area contributed by atoms with Crippen LogP contribution in [0, 0.1) is 0 Å². The molecule has 134 valence electrons. The molecule has 2 heterocycles. The molecule has 3 rings (SSSR count). The number of amides is 2. The zero-order chi connectivity index (χ0) is 17.5. The van der Waals surface area contributed by atoms with Crippen LogP contribution in [-0.2, 0) is 19.5 Å². The number of urea groups is 1. The lowest BCUT2D eigenvalue weighted by Gasteiger charge is -2.11. The zero-order valence-electron chi connectivity index (χ0n) is 14.5. The van der Waals surface area contributed by atoms with E-state index >= 15 is 0 Å². The molecule has 0 fully saturated rings. The molecule has 0 aliphatic carbocycles. The van der Waals surface area contributed by atoms with Gasteiger partial charge >= 0.3 is 6.03 Å². The number of nitrogens with one attached hydrogen (secondary N) is 2. The van der Waals surface area contributed by atoms with Gasteiger partial charge in [0.25, 0.3) is 0 Å². The first kappa shape index (κ1) is 17.1. The summed E-state index contributed by atoms with van der Waals surface area (Å²) in [6, 6.07) is 7.15. The maximum Gasteiger partial charge on any atom is 0.315 e. The molecule has 2 N–H and O–H groups in total. The number of aryl methyl sites for hydroxylation is 2. The van der Waals surface area contributed by atoms with Crippen molar-refractivity contribution in [3.05, 3.63) is 42.0 Å². The Balaban J connectivity index is 1.34. The van der Waals surface area contributed by atoms with Crippen LogP contribution in [0.3, 0.4) is 0 Å². The molecule has 0 radical (unpaired) electrons. The summed E-state index contributed by atoms with van der Waals surface area (Å²) in [6.07, 6.45) is 5.44. The van der Waals surface area contributed by atoms with Gasteiger partial charge in [0.1, 0.15) is 23.9 Å². The Kier molecular flexibility index (Phi) is 5.77. The van der Waals surface area contributed by atoms with Crippen molar-refractivity contribution in [3.8, 4) is 11.5 Å². The molecule has 1 aromatic carbocycles. The lowest BCUT2D eigenvalue weighted by atomic mass is 10.2. The second-order valence-corrected chi connectivity index (χ2v) is 5.94. The van der Waals surface area contributed by atoms with Gasteiger partial charge in [0.15, 0.2) is 0 Å². The standard InChI is InChI=1S/C18H24N4O3/c1-24-15-5-4-6-16(11-15)25-10-8-19-18(23)20-12-14-13-22-9-3-2-7-17(22)21-14/h4-6,11,13H,2-3,7-10,12H2,1H3,(H2,19,20,23). The van der Waals surface area contributed by atoms with E-state index < -0.39 is 0 Å². The normalized spacial score (nSPS) is 13.0. The molecule has 25 heavy (non-hydrogen) atoms. The summed E-state index contributed by atoms with van der Waals surface area (Å²) in [4.78, 5) is 16.4. The fourth-order valence-corrected chi connectivity index (χ4v) is 2.81. The van der Waals surface area contributed by atoms with Gasteiger partial charge in [-0.05, 0) is 25.0 Å². The topological polar surface area (TPSA) is 77.4 Å². The number of carbonyl (C=O) groups excluding carboxylic acids is 1. The molecule has 0 atom stereocenters. The van der Waals surface area contributed by atoms with E-state index in [0.717, 1.165) is 30.2 Å². The number of methoxy groups -OCH3 is 1. The van der Waals surface area contributed by atoms with Gasteiger partial charge in [-0.3, -0.25) is 0 Å². The fourth-order valence-electron chi connectivity index (χ4n) is 2.81. The summed E-state index contributed by atoms with van der Waals surface area (Å²) in [5.74, 6) is 2.58. The Labute approximate surface area is 147 Å². The number of fused-ring (bicyclic) bond motifs is 1. The number of imidazole rings is 1. The molecule has 0 unspecified atom stereocenters. The highest BCUT2D eigenvalue weighted by atomic mass is 16.5. The first-order valence-corrected chi connectivity index (χ1v) is 8.58. The van der Waals surface area contributed by atoms with Crippen molar-refractivity contribution >= 4 is 6.03 Å². The number of hydrogen-bond donors (Lipinski definition) is 2. The van der Waals surface area contributed by atoms with E-state index in [0.29, 0.717) is 25.4 Å². The molecule has 0 bridgehead atoms. The highest BCUT2D eigenvalue weighted by Gasteiger charge is 2.12.